The van der Waals surface area contributed by atoms with E-state index in [0.29, 0.717) is 10.6 Å². The van der Waals surface area contributed by atoms with Gasteiger partial charge in [-0.2, -0.15) is 0 Å². The minimum absolute atomic E-state index is 0.173. The standard InChI is InChI=1S/C17H19ClN2O/c1-17(2,12-13-6-4-3-5-7-13)20-19-16(21)14-8-10-15(18)11-9-14/h3-11,20H,12H2,1-2H3,(H,19,21). The second-order valence-electron chi connectivity index (χ2n) is 5.63. The normalized spacial score (nSPS) is 11.2. The molecule has 0 radical (unpaired) electrons. The third kappa shape index (κ3) is 4.88. The molecule has 0 aliphatic heterocycles. The molecule has 0 bridgehead atoms. The molecular formula is C17H19ClN2O. The summed E-state index contributed by atoms with van der Waals surface area (Å²) in [4.78, 5) is 12.0. The van der Waals surface area contributed by atoms with Crippen LogP contribution in [0, 0.1) is 0 Å². The van der Waals surface area contributed by atoms with E-state index in [9.17, 15) is 4.79 Å². The average Bonchev–Trinajstić information content (AvgIpc) is 2.46. The fraction of sp³-hybridized carbons (Fsp3) is 0.235. The van der Waals surface area contributed by atoms with Crippen LogP contribution < -0.4 is 10.9 Å². The number of rotatable bonds is 5. The van der Waals surface area contributed by atoms with Crippen LogP contribution in [0.15, 0.2) is 54.6 Å². The van der Waals surface area contributed by atoms with E-state index in [0.717, 1.165) is 6.42 Å². The molecule has 2 N–H and O–H groups in total. The number of benzene rings is 2. The molecule has 2 aromatic rings. The van der Waals surface area contributed by atoms with E-state index in [1.54, 1.807) is 24.3 Å². The summed E-state index contributed by atoms with van der Waals surface area (Å²) >= 11 is 5.81. The van der Waals surface area contributed by atoms with Gasteiger partial charge in [0, 0.05) is 16.1 Å². The second-order valence-corrected chi connectivity index (χ2v) is 6.07. The molecule has 1 amide bonds. The summed E-state index contributed by atoms with van der Waals surface area (Å²) in [5, 5.41) is 0.615. The summed E-state index contributed by atoms with van der Waals surface area (Å²) in [7, 11) is 0. The number of amides is 1. The van der Waals surface area contributed by atoms with Gasteiger partial charge in [0.15, 0.2) is 0 Å². The van der Waals surface area contributed by atoms with Crippen molar-refractivity contribution < 1.29 is 4.79 Å². The average molecular weight is 303 g/mol. The molecule has 110 valence electrons. The third-order valence-electron chi connectivity index (χ3n) is 3.11. The van der Waals surface area contributed by atoms with Crippen molar-refractivity contribution in [2.75, 3.05) is 0 Å². The molecule has 2 aromatic carbocycles. The lowest BCUT2D eigenvalue weighted by Crippen LogP contribution is -2.51. The highest BCUT2D eigenvalue weighted by Gasteiger charge is 2.19. The molecule has 0 atom stereocenters. The Bertz CT molecular complexity index is 594. The van der Waals surface area contributed by atoms with E-state index in [2.05, 4.69) is 23.0 Å². The Morgan fingerprint density at radius 1 is 1.05 bits per heavy atom. The Hall–Kier alpha value is -1.84. The maximum atomic E-state index is 12.0. The van der Waals surface area contributed by atoms with Gasteiger partial charge < -0.3 is 0 Å². The lowest BCUT2D eigenvalue weighted by molar-refractivity contribution is 0.0910. The Morgan fingerprint density at radius 3 is 2.29 bits per heavy atom. The highest BCUT2D eigenvalue weighted by atomic mass is 35.5. The first-order chi connectivity index (χ1) is 9.96. The van der Waals surface area contributed by atoms with Crippen LogP contribution in [0.3, 0.4) is 0 Å². The van der Waals surface area contributed by atoms with Crippen LogP contribution >= 0.6 is 11.6 Å². The van der Waals surface area contributed by atoms with E-state index in [-0.39, 0.29) is 11.4 Å². The summed E-state index contributed by atoms with van der Waals surface area (Å²) in [6.07, 6.45) is 0.814. The Labute approximate surface area is 130 Å². The number of halogens is 1. The van der Waals surface area contributed by atoms with E-state index >= 15 is 0 Å². The lowest BCUT2D eigenvalue weighted by Gasteiger charge is -2.26. The first-order valence-corrected chi connectivity index (χ1v) is 7.21. The molecule has 0 fully saturated rings. The molecule has 0 saturated heterocycles. The molecule has 21 heavy (non-hydrogen) atoms. The van der Waals surface area contributed by atoms with E-state index in [4.69, 9.17) is 11.6 Å². The molecule has 4 heteroatoms. The Morgan fingerprint density at radius 2 is 1.67 bits per heavy atom. The maximum absolute atomic E-state index is 12.0. The van der Waals surface area contributed by atoms with Crippen molar-refractivity contribution in [2.24, 2.45) is 0 Å². The van der Waals surface area contributed by atoms with Gasteiger partial charge in [-0.15, -0.1) is 0 Å². The minimum Gasteiger partial charge on any atom is -0.287 e. The molecule has 0 spiro atoms. The van der Waals surface area contributed by atoms with Gasteiger partial charge in [-0.25, -0.2) is 5.43 Å². The van der Waals surface area contributed by atoms with Crippen LogP contribution in [0.1, 0.15) is 29.8 Å². The molecule has 0 heterocycles. The molecule has 0 unspecified atom stereocenters. The summed E-state index contributed by atoms with van der Waals surface area (Å²) in [6.45, 7) is 4.09. The molecule has 0 aromatic heterocycles. The number of hydrogen-bond donors (Lipinski definition) is 2. The van der Waals surface area contributed by atoms with Crippen LogP contribution in [0.5, 0.6) is 0 Å². The first-order valence-electron chi connectivity index (χ1n) is 6.83. The first kappa shape index (κ1) is 15.5. The highest BCUT2D eigenvalue weighted by molar-refractivity contribution is 6.30. The van der Waals surface area contributed by atoms with Gasteiger partial charge in [-0.1, -0.05) is 41.9 Å². The van der Waals surface area contributed by atoms with Crippen LogP contribution in [-0.2, 0) is 6.42 Å². The largest absolute Gasteiger partial charge is 0.287 e. The second kappa shape index (κ2) is 6.74. The van der Waals surface area contributed by atoms with Crippen LogP contribution in [0.4, 0.5) is 0 Å². The van der Waals surface area contributed by atoms with E-state index in [1.165, 1.54) is 5.56 Å². The summed E-state index contributed by atoms with van der Waals surface area (Å²) in [5.74, 6) is -0.173. The monoisotopic (exact) mass is 302 g/mol. The van der Waals surface area contributed by atoms with Crippen molar-refractivity contribution in [1.29, 1.82) is 0 Å². The number of hydrogen-bond acceptors (Lipinski definition) is 2. The molecule has 0 aliphatic rings. The number of hydrazine groups is 1. The van der Waals surface area contributed by atoms with Gasteiger partial charge in [0.1, 0.15) is 0 Å². The van der Waals surface area contributed by atoms with Crippen molar-refractivity contribution in [2.45, 2.75) is 25.8 Å². The van der Waals surface area contributed by atoms with Crippen molar-refractivity contribution in [3.63, 3.8) is 0 Å². The van der Waals surface area contributed by atoms with Crippen molar-refractivity contribution >= 4 is 17.5 Å². The molecule has 0 saturated carbocycles. The quantitative estimate of drug-likeness (QED) is 0.829. The van der Waals surface area contributed by atoms with Crippen LogP contribution in [0.2, 0.25) is 5.02 Å². The lowest BCUT2D eigenvalue weighted by atomic mass is 9.96. The van der Waals surface area contributed by atoms with Crippen molar-refractivity contribution in [1.82, 2.24) is 10.9 Å². The summed E-state index contributed by atoms with van der Waals surface area (Å²) in [5.41, 5.74) is 7.38. The maximum Gasteiger partial charge on any atom is 0.265 e. The van der Waals surface area contributed by atoms with E-state index in [1.807, 2.05) is 32.0 Å². The summed E-state index contributed by atoms with van der Waals surface area (Å²) in [6, 6.07) is 17.0. The predicted molar refractivity (Wildman–Crippen MR) is 86.3 cm³/mol. The van der Waals surface area contributed by atoms with E-state index < -0.39 is 0 Å². The number of carbonyl (C=O) groups is 1. The van der Waals surface area contributed by atoms with Crippen LogP contribution in [0.25, 0.3) is 0 Å². The smallest absolute Gasteiger partial charge is 0.265 e. The molecule has 2 rings (SSSR count). The van der Waals surface area contributed by atoms with Gasteiger partial charge >= 0.3 is 0 Å². The Kier molecular flexibility index (Phi) is 4.99. The molecular weight excluding hydrogens is 284 g/mol. The highest BCUT2D eigenvalue weighted by Crippen LogP contribution is 2.12. The topological polar surface area (TPSA) is 41.1 Å². The van der Waals surface area contributed by atoms with Gasteiger partial charge in [0.05, 0.1) is 0 Å². The van der Waals surface area contributed by atoms with Gasteiger partial charge in [0.2, 0.25) is 0 Å². The molecule has 3 nitrogen and oxygen atoms in total. The fourth-order valence-corrected chi connectivity index (χ4v) is 2.18. The zero-order chi connectivity index (χ0) is 15.3. The van der Waals surface area contributed by atoms with Crippen molar-refractivity contribution in [3.8, 4) is 0 Å². The summed E-state index contributed by atoms with van der Waals surface area (Å²) < 4.78 is 0. The van der Waals surface area contributed by atoms with Gasteiger partial charge in [-0.05, 0) is 50.1 Å². The predicted octanol–water partition coefficient (Wildman–Crippen LogP) is 3.60. The fourth-order valence-electron chi connectivity index (χ4n) is 2.05. The Balaban J connectivity index is 1.92. The zero-order valence-corrected chi connectivity index (χ0v) is 12.9. The third-order valence-corrected chi connectivity index (χ3v) is 3.36. The molecule has 0 aliphatic carbocycles. The van der Waals surface area contributed by atoms with Crippen molar-refractivity contribution in [3.05, 3.63) is 70.7 Å². The number of carbonyl (C=O) groups excluding carboxylic acids is 1. The zero-order valence-electron chi connectivity index (χ0n) is 12.2. The number of nitrogens with one attached hydrogen (secondary N) is 2. The van der Waals surface area contributed by atoms with Gasteiger partial charge in [-0.3, -0.25) is 10.2 Å². The van der Waals surface area contributed by atoms with Crippen LogP contribution in [-0.4, -0.2) is 11.4 Å². The van der Waals surface area contributed by atoms with Gasteiger partial charge in [0.25, 0.3) is 5.91 Å². The minimum atomic E-state index is -0.247. The SMILES string of the molecule is CC(C)(Cc1ccccc1)NNC(=O)c1ccc(Cl)cc1.